The molecule has 0 aliphatic carbocycles. The molecule has 0 aliphatic rings. The summed E-state index contributed by atoms with van der Waals surface area (Å²) in [6, 6.07) is 3.81. The summed E-state index contributed by atoms with van der Waals surface area (Å²) in [5, 5.41) is 5.77. The highest BCUT2D eigenvalue weighted by atomic mass is 79.9. The van der Waals surface area contributed by atoms with Crippen LogP contribution in [-0.2, 0) is 11.3 Å². The second-order valence-corrected chi connectivity index (χ2v) is 5.01. The average molecular weight is 355 g/mol. The molecule has 0 fully saturated rings. The molecule has 0 spiro atoms. The number of nitrogens with one attached hydrogen (secondary N) is 2. The molecule has 0 saturated heterocycles. The lowest BCUT2D eigenvalue weighted by Crippen LogP contribution is -2.29. The molecule has 0 unspecified atom stereocenters. The van der Waals surface area contributed by atoms with Gasteiger partial charge >= 0.3 is 0 Å². The van der Waals surface area contributed by atoms with Gasteiger partial charge in [0.05, 0.1) is 18.1 Å². The Labute approximate surface area is 133 Å². The largest absolute Gasteiger partial charge is 0.493 e. The SMILES string of the molecule is C#CCNC(=O)COc1c(Br)cc(CNCC)cc1OC. The number of halogens is 1. The number of hydrogen-bond acceptors (Lipinski definition) is 4. The van der Waals surface area contributed by atoms with Gasteiger partial charge in [0.25, 0.3) is 5.91 Å². The maximum Gasteiger partial charge on any atom is 0.258 e. The molecule has 5 nitrogen and oxygen atoms in total. The maximum atomic E-state index is 11.5. The Bertz CT molecular complexity index is 526. The average Bonchev–Trinajstić information content (AvgIpc) is 2.49. The third kappa shape index (κ3) is 5.66. The van der Waals surface area contributed by atoms with Gasteiger partial charge in [-0.25, -0.2) is 0 Å². The van der Waals surface area contributed by atoms with Gasteiger partial charge in [-0.05, 0) is 40.2 Å². The van der Waals surface area contributed by atoms with Gasteiger partial charge < -0.3 is 20.1 Å². The van der Waals surface area contributed by atoms with Crippen LogP contribution in [0.5, 0.6) is 11.5 Å². The van der Waals surface area contributed by atoms with E-state index in [0.717, 1.165) is 23.1 Å². The van der Waals surface area contributed by atoms with Crippen LogP contribution in [-0.4, -0.2) is 32.7 Å². The van der Waals surface area contributed by atoms with Crippen molar-refractivity contribution in [3.05, 3.63) is 22.2 Å². The lowest BCUT2D eigenvalue weighted by Gasteiger charge is -2.14. The molecule has 0 bridgehead atoms. The summed E-state index contributed by atoms with van der Waals surface area (Å²) in [6.07, 6.45) is 5.07. The molecule has 0 aromatic heterocycles. The summed E-state index contributed by atoms with van der Waals surface area (Å²) in [5.74, 6) is 3.12. The van der Waals surface area contributed by atoms with E-state index in [-0.39, 0.29) is 19.1 Å². The topological polar surface area (TPSA) is 59.6 Å². The Morgan fingerprint density at radius 1 is 1.48 bits per heavy atom. The quantitative estimate of drug-likeness (QED) is 0.697. The molecule has 1 amide bonds. The highest BCUT2D eigenvalue weighted by molar-refractivity contribution is 9.10. The van der Waals surface area contributed by atoms with Crippen LogP contribution in [0.15, 0.2) is 16.6 Å². The van der Waals surface area contributed by atoms with Crippen LogP contribution < -0.4 is 20.1 Å². The van der Waals surface area contributed by atoms with Crippen LogP contribution in [0, 0.1) is 12.3 Å². The van der Waals surface area contributed by atoms with E-state index in [2.05, 4.69) is 32.5 Å². The fourth-order valence-electron chi connectivity index (χ4n) is 1.62. The molecule has 1 rings (SSSR count). The van der Waals surface area contributed by atoms with Crippen LogP contribution in [0.4, 0.5) is 0 Å². The Balaban J connectivity index is 2.77. The predicted octanol–water partition coefficient (Wildman–Crippen LogP) is 1.70. The summed E-state index contributed by atoms with van der Waals surface area (Å²) < 4.78 is 11.6. The lowest BCUT2D eigenvalue weighted by molar-refractivity contribution is -0.122. The summed E-state index contributed by atoms with van der Waals surface area (Å²) in [7, 11) is 1.56. The first-order chi connectivity index (χ1) is 10.1. The molecule has 2 N–H and O–H groups in total. The van der Waals surface area contributed by atoms with Crippen molar-refractivity contribution in [1.29, 1.82) is 0 Å². The number of carbonyl (C=O) groups excluding carboxylic acids is 1. The molecule has 21 heavy (non-hydrogen) atoms. The van der Waals surface area contributed by atoms with Gasteiger partial charge in [0.1, 0.15) is 0 Å². The number of amides is 1. The van der Waals surface area contributed by atoms with Crippen LogP contribution in [0.25, 0.3) is 0 Å². The Morgan fingerprint density at radius 3 is 2.86 bits per heavy atom. The zero-order valence-corrected chi connectivity index (χ0v) is 13.7. The summed E-state index contributed by atoms with van der Waals surface area (Å²) in [6.45, 7) is 3.71. The zero-order chi connectivity index (χ0) is 15.7. The zero-order valence-electron chi connectivity index (χ0n) is 12.2. The van der Waals surface area contributed by atoms with E-state index in [9.17, 15) is 4.79 Å². The fraction of sp³-hybridized carbons (Fsp3) is 0.400. The van der Waals surface area contributed by atoms with Gasteiger partial charge in [-0.15, -0.1) is 6.42 Å². The van der Waals surface area contributed by atoms with E-state index < -0.39 is 0 Å². The number of carbonyl (C=O) groups is 1. The molecular weight excluding hydrogens is 336 g/mol. The van der Waals surface area contributed by atoms with E-state index in [1.54, 1.807) is 7.11 Å². The van der Waals surface area contributed by atoms with Crippen LogP contribution in [0.3, 0.4) is 0 Å². The van der Waals surface area contributed by atoms with Crippen molar-refractivity contribution >= 4 is 21.8 Å². The van der Waals surface area contributed by atoms with Crippen molar-refractivity contribution in [3.8, 4) is 23.8 Å². The number of hydrogen-bond donors (Lipinski definition) is 2. The van der Waals surface area contributed by atoms with Gasteiger partial charge in [0, 0.05) is 6.54 Å². The van der Waals surface area contributed by atoms with Gasteiger partial charge in [-0.2, -0.15) is 0 Å². The second-order valence-electron chi connectivity index (χ2n) is 4.16. The first-order valence-corrected chi connectivity index (χ1v) is 7.31. The molecule has 1 aromatic rings. The summed E-state index contributed by atoms with van der Waals surface area (Å²) in [5.41, 5.74) is 1.06. The minimum absolute atomic E-state index is 0.122. The molecule has 0 aliphatic heterocycles. The number of rotatable bonds is 8. The molecule has 0 saturated carbocycles. The van der Waals surface area contributed by atoms with Crippen molar-refractivity contribution in [2.24, 2.45) is 0 Å². The lowest BCUT2D eigenvalue weighted by atomic mass is 10.2. The second kappa shape index (κ2) is 9.27. The van der Waals surface area contributed by atoms with Crippen LogP contribution in [0.1, 0.15) is 12.5 Å². The van der Waals surface area contributed by atoms with Crippen LogP contribution >= 0.6 is 15.9 Å². The maximum absolute atomic E-state index is 11.5. The molecule has 6 heteroatoms. The minimum atomic E-state index is -0.279. The molecule has 0 heterocycles. The standard InChI is InChI=1S/C15H19BrN2O3/c1-4-6-18-14(19)10-21-15-12(16)7-11(9-17-5-2)8-13(15)20-3/h1,7-8,17H,5-6,9-10H2,2-3H3,(H,18,19). The predicted molar refractivity (Wildman–Crippen MR) is 85.4 cm³/mol. The molecule has 0 radical (unpaired) electrons. The van der Waals surface area contributed by atoms with Crippen molar-refractivity contribution in [3.63, 3.8) is 0 Å². The molecule has 0 atom stereocenters. The van der Waals surface area contributed by atoms with Gasteiger partial charge in [0.2, 0.25) is 0 Å². The molecule has 1 aromatic carbocycles. The van der Waals surface area contributed by atoms with Gasteiger partial charge in [-0.3, -0.25) is 4.79 Å². The molecular formula is C15H19BrN2O3. The smallest absolute Gasteiger partial charge is 0.258 e. The van der Waals surface area contributed by atoms with E-state index in [1.165, 1.54) is 0 Å². The number of methoxy groups -OCH3 is 1. The first-order valence-electron chi connectivity index (χ1n) is 6.52. The Morgan fingerprint density at radius 2 is 2.24 bits per heavy atom. The van der Waals surface area contributed by atoms with Crippen molar-refractivity contribution < 1.29 is 14.3 Å². The van der Waals surface area contributed by atoms with Gasteiger partial charge in [0.15, 0.2) is 18.1 Å². The number of terminal acetylenes is 1. The fourth-order valence-corrected chi connectivity index (χ4v) is 2.23. The van der Waals surface area contributed by atoms with E-state index in [1.807, 2.05) is 19.1 Å². The van der Waals surface area contributed by atoms with Crippen LogP contribution in [0.2, 0.25) is 0 Å². The van der Waals surface area contributed by atoms with E-state index in [4.69, 9.17) is 15.9 Å². The van der Waals surface area contributed by atoms with Crippen molar-refractivity contribution in [2.45, 2.75) is 13.5 Å². The minimum Gasteiger partial charge on any atom is -0.493 e. The Hall–Kier alpha value is -1.71. The van der Waals surface area contributed by atoms with E-state index in [0.29, 0.717) is 11.5 Å². The van der Waals surface area contributed by atoms with Gasteiger partial charge in [-0.1, -0.05) is 12.8 Å². The highest BCUT2D eigenvalue weighted by Crippen LogP contribution is 2.36. The summed E-state index contributed by atoms with van der Waals surface area (Å²) in [4.78, 5) is 11.5. The van der Waals surface area contributed by atoms with E-state index >= 15 is 0 Å². The third-order valence-corrected chi connectivity index (χ3v) is 3.19. The number of benzene rings is 1. The van der Waals surface area contributed by atoms with Crippen molar-refractivity contribution in [1.82, 2.24) is 10.6 Å². The van der Waals surface area contributed by atoms with Crippen molar-refractivity contribution in [2.75, 3.05) is 26.8 Å². The first kappa shape index (κ1) is 17.3. The highest BCUT2D eigenvalue weighted by Gasteiger charge is 2.13. The number of ether oxygens (including phenoxy) is 2. The summed E-state index contributed by atoms with van der Waals surface area (Å²) >= 11 is 3.44. The monoisotopic (exact) mass is 354 g/mol. The Kier molecular flexibility index (Phi) is 7.65. The third-order valence-electron chi connectivity index (χ3n) is 2.60. The normalized spacial score (nSPS) is 9.81. The molecule has 114 valence electrons.